The van der Waals surface area contributed by atoms with Crippen LogP contribution in [0.2, 0.25) is 0 Å². The molecule has 0 aliphatic carbocycles. The quantitative estimate of drug-likeness (QED) is 0.512. The molecule has 0 saturated heterocycles. The fraction of sp³-hybridized carbons (Fsp3) is 0.471. The summed E-state index contributed by atoms with van der Waals surface area (Å²) in [6.45, 7) is 6.15. The highest BCUT2D eigenvalue weighted by Gasteiger charge is 2.22. The van der Waals surface area contributed by atoms with E-state index in [1.165, 1.54) is 11.3 Å². The predicted molar refractivity (Wildman–Crippen MR) is 109 cm³/mol. The Hall–Kier alpha value is -1.25. The van der Waals surface area contributed by atoms with E-state index >= 15 is 0 Å². The Morgan fingerprint density at radius 1 is 1.40 bits per heavy atom. The topological polar surface area (TPSA) is 64.0 Å². The zero-order chi connectivity index (χ0) is 18.6. The number of nitrogens with zero attached hydrogens (tertiary/aromatic N) is 2. The monoisotopic (exact) mass is 397 g/mol. The average molecular weight is 398 g/mol. The summed E-state index contributed by atoms with van der Waals surface area (Å²) in [5.74, 6) is -0.172. The van der Waals surface area contributed by atoms with E-state index in [0.717, 1.165) is 11.4 Å². The molecule has 0 aliphatic heterocycles. The molecule has 136 valence electrons. The SMILES string of the molecule is CSSC(C)(C)CCC(=O)c1cc(NC(=O)c2csc(C)n2)cn1C. The van der Waals surface area contributed by atoms with Crippen molar-refractivity contribution in [3.05, 3.63) is 34.0 Å². The zero-order valence-electron chi connectivity index (χ0n) is 15.1. The molecule has 1 amide bonds. The van der Waals surface area contributed by atoms with Gasteiger partial charge in [-0.3, -0.25) is 9.59 Å². The molecule has 2 heterocycles. The molecule has 5 nitrogen and oxygen atoms in total. The van der Waals surface area contributed by atoms with Crippen molar-refractivity contribution >= 4 is 50.3 Å². The number of aromatic nitrogens is 2. The average Bonchev–Trinajstić information content (AvgIpc) is 3.11. The van der Waals surface area contributed by atoms with Crippen molar-refractivity contribution in [3.8, 4) is 0 Å². The highest BCUT2D eigenvalue weighted by Crippen LogP contribution is 2.37. The van der Waals surface area contributed by atoms with E-state index < -0.39 is 0 Å². The molecule has 25 heavy (non-hydrogen) atoms. The van der Waals surface area contributed by atoms with E-state index in [1.807, 2.05) is 20.2 Å². The third kappa shape index (κ3) is 5.62. The van der Waals surface area contributed by atoms with Gasteiger partial charge in [0.1, 0.15) is 5.69 Å². The summed E-state index contributed by atoms with van der Waals surface area (Å²) in [6, 6.07) is 1.73. The molecule has 0 fully saturated rings. The number of amides is 1. The van der Waals surface area contributed by atoms with E-state index in [1.54, 1.807) is 43.8 Å². The second-order valence-corrected chi connectivity index (χ2v) is 10.5. The first kappa shape index (κ1) is 20.1. The van der Waals surface area contributed by atoms with Crippen LogP contribution in [0, 0.1) is 6.92 Å². The van der Waals surface area contributed by atoms with Crippen LogP contribution in [-0.2, 0) is 7.05 Å². The molecule has 2 aromatic rings. The smallest absolute Gasteiger partial charge is 0.275 e. The van der Waals surface area contributed by atoms with Gasteiger partial charge in [-0.05, 0) is 39.5 Å². The highest BCUT2D eigenvalue weighted by molar-refractivity contribution is 8.76. The number of anilines is 1. The van der Waals surface area contributed by atoms with Gasteiger partial charge in [-0.25, -0.2) is 4.98 Å². The molecule has 0 unspecified atom stereocenters. The van der Waals surface area contributed by atoms with Crippen LogP contribution in [0.25, 0.3) is 0 Å². The lowest BCUT2D eigenvalue weighted by molar-refractivity contribution is 0.0968. The summed E-state index contributed by atoms with van der Waals surface area (Å²) in [7, 11) is 5.32. The van der Waals surface area contributed by atoms with Crippen LogP contribution in [0.3, 0.4) is 0 Å². The van der Waals surface area contributed by atoms with Gasteiger partial charge in [0.25, 0.3) is 5.91 Å². The van der Waals surface area contributed by atoms with Crippen molar-refractivity contribution in [2.45, 2.75) is 38.4 Å². The minimum atomic E-state index is -0.258. The summed E-state index contributed by atoms with van der Waals surface area (Å²) in [5.41, 5.74) is 1.61. The second-order valence-electron chi connectivity index (χ2n) is 6.36. The summed E-state index contributed by atoms with van der Waals surface area (Å²) in [6.07, 6.45) is 5.09. The lowest BCUT2D eigenvalue weighted by atomic mass is 10.0. The van der Waals surface area contributed by atoms with Crippen LogP contribution in [-0.4, -0.2) is 32.2 Å². The van der Waals surface area contributed by atoms with Crippen molar-refractivity contribution < 1.29 is 9.59 Å². The van der Waals surface area contributed by atoms with Crippen LogP contribution in [0.5, 0.6) is 0 Å². The van der Waals surface area contributed by atoms with Crippen molar-refractivity contribution in [1.29, 1.82) is 0 Å². The van der Waals surface area contributed by atoms with Gasteiger partial charge in [-0.1, -0.05) is 21.6 Å². The lowest BCUT2D eigenvalue weighted by Gasteiger charge is -2.21. The van der Waals surface area contributed by atoms with E-state index in [2.05, 4.69) is 24.1 Å². The fourth-order valence-electron chi connectivity index (χ4n) is 2.38. The highest BCUT2D eigenvalue weighted by atomic mass is 33.1. The first-order valence-corrected chi connectivity index (χ1v) is 11.3. The first-order chi connectivity index (χ1) is 11.7. The van der Waals surface area contributed by atoms with Gasteiger partial charge in [0, 0.05) is 29.8 Å². The molecule has 0 radical (unpaired) electrons. The number of carbonyl (C=O) groups excluding carboxylic acids is 2. The van der Waals surface area contributed by atoms with Gasteiger partial charge in [0.05, 0.1) is 16.4 Å². The molecule has 8 heteroatoms. The normalized spacial score (nSPS) is 11.6. The van der Waals surface area contributed by atoms with Crippen molar-refractivity contribution in [2.24, 2.45) is 7.05 Å². The number of hydrogen-bond acceptors (Lipinski definition) is 6. The number of thiazole rings is 1. The summed E-state index contributed by atoms with van der Waals surface area (Å²) < 4.78 is 1.82. The Bertz CT molecular complexity index is 765. The molecule has 1 N–H and O–H groups in total. The van der Waals surface area contributed by atoms with Crippen LogP contribution >= 0.6 is 32.9 Å². The Labute approximate surface area is 160 Å². The van der Waals surface area contributed by atoms with Gasteiger partial charge >= 0.3 is 0 Å². The number of ketones is 1. The summed E-state index contributed by atoms with van der Waals surface area (Å²) in [5, 5.41) is 5.38. The van der Waals surface area contributed by atoms with Gasteiger partial charge in [0.2, 0.25) is 0 Å². The first-order valence-electron chi connectivity index (χ1n) is 7.87. The Morgan fingerprint density at radius 3 is 2.72 bits per heavy atom. The maximum absolute atomic E-state index is 12.5. The van der Waals surface area contributed by atoms with Gasteiger partial charge in [0.15, 0.2) is 5.78 Å². The number of hydrogen-bond donors (Lipinski definition) is 1. The van der Waals surface area contributed by atoms with Crippen molar-refractivity contribution in [2.75, 3.05) is 11.6 Å². The largest absolute Gasteiger partial charge is 0.346 e. The number of carbonyl (C=O) groups is 2. The molecule has 0 aromatic carbocycles. The Morgan fingerprint density at radius 2 is 2.12 bits per heavy atom. The molecule has 0 saturated carbocycles. The third-order valence-electron chi connectivity index (χ3n) is 3.66. The molecule has 0 bridgehead atoms. The van der Waals surface area contributed by atoms with E-state index in [-0.39, 0.29) is 16.4 Å². The van der Waals surface area contributed by atoms with Crippen molar-refractivity contribution in [3.63, 3.8) is 0 Å². The molecule has 0 spiro atoms. The predicted octanol–water partition coefficient (Wildman–Crippen LogP) is 4.80. The minimum absolute atomic E-state index is 0.0553. The second kappa shape index (κ2) is 8.42. The fourth-order valence-corrected chi connectivity index (χ4v) is 5.22. The standard InChI is InChI=1S/C17H23N3O2S3/c1-11-18-13(10-24-11)16(22)19-12-8-14(20(4)9-12)15(21)6-7-17(2,3)25-23-5/h8-10H,6-7H2,1-5H3,(H,19,22). The molecular formula is C17H23N3O2S3. The number of aryl methyl sites for hydroxylation is 2. The molecule has 2 rings (SSSR count). The number of Topliss-reactive ketones (excluding diaryl/α,β-unsaturated/α-hetero) is 1. The van der Waals surface area contributed by atoms with Crippen LogP contribution in [0.1, 0.15) is 52.7 Å². The Kier molecular flexibility index (Phi) is 6.76. The van der Waals surface area contributed by atoms with E-state index in [0.29, 0.717) is 23.5 Å². The van der Waals surface area contributed by atoms with Gasteiger partial charge in [-0.2, -0.15) is 0 Å². The zero-order valence-corrected chi connectivity index (χ0v) is 17.5. The number of nitrogens with one attached hydrogen (secondary N) is 1. The third-order valence-corrected chi connectivity index (χ3v) is 7.11. The van der Waals surface area contributed by atoms with Gasteiger partial charge in [-0.15, -0.1) is 11.3 Å². The summed E-state index contributed by atoms with van der Waals surface area (Å²) >= 11 is 1.43. The number of rotatable bonds is 8. The van der Waals surface area contributed by atoms with Crippen molar-refractivity contribution in [1.82, 2.24) is 9.55 Å². The summed E-state index contributed by atoms with van der Waals surface area (Å²) in [4.78, 5) is 28.9. The maximum atomic E-state index is 12.5. The van der Waals surface area contributed by atoms with Gasteiger partial charge < -0.3 is 9.88 Å². The molecular weight excluding hydrogens is 374 g/mol. The van der Waals surface area contributed by atoms with Crippen LogP contribution in [0.15, 0.2) is 17.6 Å². The Balaban J connectivity index is 2.01. The van der Waals surface area contributed by atoms with Crippen LogP contribution in [0.4, 0.5) is 5.69 Å². The molecule has 0 atom stereocenters. The lowest BCUT2D eigenvalue weighted by Crippen LogP contribution is -2.16. The van der Waals surface area contributed by atoms with E-state index in [4.69, 9.17) is 0 Å². The molecule has 0 aliphatic rings. The van der Waals surface area contributed by atoms with Crippen LogP contribution < -0.4 is 5.32 Å². The minimum Gasteiger partial charge on any atom is -0.346 e. The maximum Gasteiger partial charge on any atom is 0.275 e. The van der Waals surface area contributed by atoms with E-state index in [9.17, 15) is 9.59 Å². The molecule has 2 aromatic heterocycles.